The topological polar surface area (TPSA) is 371 Å². The summed E-state index contributed by atoms with van der Waals surface area (Å²) in [6, 6.07) is 0. The van der Waals surface area contributed by atoms with Crippen molar-refractivity contribution in [3.63, 3.8) is 0 Å². The molecule has 8 rings (SSSR count). The minimum absolute atomic E-state index is 0.0131. The van der Waals surface area contributed by atoms with E-state index in [9.17, 15) is 76.0 Å². The van der Waals surface area contributed by atoms with Crippen molar-refractivity contribution in [2.24, 2.45) is 46.3 Å². The van der Waals surface area contributed by atoms with Crippen LogP contribution >= 0.6 is 0 Å². The monoisotopic (exact) mass is 1060 g/mol. The van der Waals surface area contributed by atoms with Gasteiger partial charge in [0, 0.05) is 24.7 Å². The molecule has 4 heterocycles. The first-order chi connectivity index (χ1) is 35.0. The molecule has 74 heavy (non-hydrogen) atoms. The molecular formula is C51H82O23. The number of carbonyl (C=O) groups excluding carboxylic acids is 2. The average Bonchev–Trinajstić information content (AvgIpc) is 3.66. The number of allylic oxidation sites excluding steroid dienone is 1. The summed E-state index contributed by atoms with van der Waals surface area (Å²) in [6.07, 6.45) is -24.0. The van der Waals surface area contributed by atoms with Crippen molar-refractivity contribution < 1.29 is 114 Å². The molecule has 4 aliphatic carbocycles. The second-order valence-corrected chi connectivity index (χ2v) is 23.2. The van der Waals surface area contributed by atoms with Crippen LogP contribution in [0.15, 0.2) is 11.6 Å². The molecule has 424 valence electrons. The standard InChI is InChI=1S/C51H82O23/c1-20(19-67-46-40(63)38(61)35(58)30(16-52)70-46)6-9-28(55)21(2)33-29(56)15-27-25-8-7-23-14-24(10-12-50(23,4)26(25)11-13-51(27,33)5)69-49-45(74-47-41(64)37(60)34(57)22(3)68-47)43(66)44(32(18-54)72-49)73-48-42(65)39(62)36(59)31(17-53)71-48/h7,20-22,24-27,30-49,52-54,57-66H,6,8-19H2,1-5H3/t20-,21-,22?,24?,25-,26+,27+,30?,31?,32?,33-,34+,35-,36-,37?,38?,39?,40?,41?,42?,43?,44-,45?,46-,47+,48+,49-,50+,51+/m1/s1. The largest absolute Gasteiger partial charge is 0.394 e. The number of fused-ring (bicyclic) bond motifs is 5. The van der Waals surface area contributed by atoms with Crippen LogP contribution in [-0.2, 0) is 47.5 Å². The Morgan fingerprint density at radius 1 is 0.649 bits per heavy atom. The highest BCUT2D eigenvalue weighted by Crippen LogP contribution is 2.66. The fourth-order valence-corrected chi connectivity index (χ4v) is 14.0. The lowest BCUT2D eigenvalue weighted by Gasteiger charge is -2.58. The van der Waals surface area contributed by atoms with E-state index in [4.69, 9.17) is 37.9 Å². The second kappa shape index (κ2) is 23.5. The Kier molecular flexibility index (Phi) is 18.6. The highest BCUT2D eigenvalue weighted by Gasteiger charge is 2.63. The van der Waals surface area contributed by atoms with E-state index in [1.165, 1.54) is 12.5 Å². The highest BCUT2D eigenvalue weighted by molar-refractivity contribution is 5.92. The molecule has 0 aromatic carbocycles. The summed E-state index contributed by atoms with van der Waals surface area (Å²) in [5.41, 5.74) is 0.520. The molecule has 8 aliphatic rings. The van der Waals surface area contributed by atoms with Gasteiger partial charge in [0.05, 0.1) is 38.6 Å². The molecule has 0 aromatic heterocycles. The van der Waals surface area contributed by atoms with Crippen molar-refractivity contribution in [2.45, 2.75) is 221 Å². The van der Waals surface area contributed by atoms with E-state index in [0.29, 0.717) is 38.5 Å². The maximum absolute atomic E-state index is 14.1. The van der Waals surface area contributed by atoms with E-state index in [-0.39, 0.29) is 53.7 Å². The van der Waals surface area contributed by atoms with Crippen LogP contribution in [0.25, 0.3) is 0 Å². The first-order valence-electron chi connectivity index (χ1n) is 26.6. The van der Waals surface area contributed by atoms with Crippen molar-refractivity contribution in [3.05, 3.63) is 11.6 Å². The molecule has 4 saturated heterocycles. The fraction of sp³-hybridized carbons (Fsp3) is 0.922. The lowest BCUT2D eigenvalue weighted by molar-refractivity contribution is -0.389. The van der Waals surface area contributed by atoms with Crippen LogP contribution in [0.3, 0.4) is 0 Å². The third-order valence-electron chi connectivity index (χ3n) is 18.6. The molecular weight excluding hydrogens is 981 g/mol. The van der Waals surface area contributed by atoms with Crippen molar-refractivity contribution in [3.8, 4) is 0 Å². The summed E-state index contributed by atoms with van der Waals surface area (Å²) >= 11 is 0. The normalized spacial score (nSPS) is 50.5. The minimum atomic E-state index is -1.87. The van der Waals surface area contributed by atoms with E-state index in [2.05, 4.69) is 19.9 Å². The van der Waals surface area contributed by atoms with Crippen LogP contribution in [-0.4, -0.2) is 233 Å². The molecule has 0 spiro atoms. The average molecular weight is 1060 g/mol. The summed E-state index contributed by atoms with van der Waals surface area (Å²) in [4.78, 5) is 28.0. The van der Waals surface area contributed by atoms with Crippen LogP contribution in [0.1, 0.15) is 92.4 Å². The van der Waals surface area contributed by atoms with E-state index in [1.54, 1.807) is 0 Å². The molecule has 0 radical (unpaired) electrons. The van der Waals surface area contributed by atoms with Gasteiger partial charge in [-0.1, -0.05) is 39.3 Å². The van der Waals surface area contributed by atoms with E-state index >= 15 is 0 Å². The van der Waals surface area contributed by atoms with E-state index < -0.39 is 166 Å². The number of ketones is 2. The second-order valence-electron chi connectivity index (χ2n) is 23.2. The molecule has 13 N–H and O–H groups in total. The first-order valence-corrected chi connectivity index (χ1v) is 26.6. The molecule has 13 unspecified atom stereocenters. The van der Waals surface area contributed by atoms with Crippen LogP contribution in [0.2, 0.25) is 0 Å². The van der Waals surface area contributed by atoms with Crippen LogP contribution in [0.5, 0.6) is 0 Å². The molecule has 29 atom stereocenters. The number of aliphatic hydroxyl groups excluding tert-OH is 13. The predicted molar refractivity (Wildman–Crippen MR) is 250 cm³/mol. The number of rotatable bonds is 17. The molecule has 3 saturated carbocycles. The van der Waals surface area contributed by atoms with E-state index in [0.717, 1.165) is 12.8 Å². The van der Waals surface area contributed by atoms with E-state index in [1.807, 2.05) is 13.8 Å². The third kappa shape index (κ3) is 11.0. The Labute approximate surface area is 430 Å². The van der Waals surface area contributed by atoms with Gasteiger partial charge >= 0.3 is 0 Å². The van der Waals surface area contributed by atoms with Crippen LogP contribution in [0, 0.1) is 46.3 Å². The number of hydrogen-bond donors (Lipinski definition) is 13. The summed E-state index contributed by atoms with van der Waals surface area (Å²) in [5.74, 6) is -0.523. The fourth-order valence-electron chi connectivity index (χ4n) is 14.0. The van der Waals surface area contributed by atoms with Crippen molar-refractivity contribution in [2.75, 3.05) is 26.4 Å². The van der Waals surface area contributed by atoms with Crippen LogP contribution in [0.4, 0.5) is 0 Å². The maximum atomic E-state index is 14.1. The molecule has 4 aliphatic heterocycles. The van der Waals surface area contributed by atoms with Crippen molar-refractivity contribution in [1.29, 1.82) is 0 Å². The number of carbonyl (C=O) groups is 2. The van der Waals surface area contributed by atoms with Crippen molar-refractivity contribution >= 4 is 11.6 Å². The smallest absolute Gasteiger partial charge is 0.187 e. The molecule has 0 bridgehead atoms. The van der Waals surface area contributed by atoms with Crippen molar-refractivity contribution in [1.82, 2.24) is 0 Å². The Morgan fingerprint density at radius 3 is 1.85 bits per heavy atom. The zero-order chi connectivity index (χ0) is 53.9. The first kappa shape index (κ1) is 58.4. The zero-order valence-corrected chi connectivity index (χ0v) is 42.8. The van der Waals surface area contributed by atoms with Gasteiger partial charge in [-0.3, -0.25) is 9.59 Å². The van der Waals surface area contributed by atoms with Gasteiger partial charge in [-0.15, -0.1) is 0 Å². The molecule has 0 aromatic rings. The lowest BCUT2D eigenvalue weighted by atomic mass is 9.47. The zero-order valence-electron chi connectivity index (χ0n) is 42.8. The lowest BCUT2D eigenvalue weighted by Crippen LogP contribution is -2.67. The Morgan fingerprint density at radius 2 is 1.22 bits per heavy atom. The molecule has 7 fully saturated rings. The highest BCUT2D eigenvalue weighted by atomic mass is 16.8. The van der Waals surface area contributed by atoms with Gasteiger partial charge in [0.2, 0.25) is 0 Å². The van der Waals surface area contributed by atoms with Gasteiger partial charge in [-0.05, 0) is 86.4 Å². The summed E-state index contributed by atoms with van der Waals surface area (Å²) in [6.45, 7) is 7.62. The Bertz CT molecular complexity index is 1940. The molecule has 0 amide bonds. The van der Waals surface area contributed by atoms with Gasteiger partial charge < -0.3 is 104 Å². The molecule has 23 heteroatoms. The minimum Gasteiger partial charge on any atom is -0.394 e. The quantitative estimate of drug-likeness (QED) is 0.0648. The summed E-state index contributed by atoms with van der Waals surface area (Å²) < 4.78 is 47.4. The molecule has 23 nitrogen and oxygen atoms in total. The summed E-state index contributed by atoms with van der Waals surface area (Å²) in [5, 5.41) is 136. The SMILES string of the molecule is CC1O[C@@H](OC2C(O)[C@H](O[C@@H]3OC(CO)[C@@H](O)C(O)C3O)C(CO)O[C@H]2OC2CC[C@@]3(C)C(=CC[C@H]4[C@@H]5CC(=O)[C@@H]([C@H](C)C(=O)CC[C@@H](C)CO[C@@H]6OC(CO)[C@@H](O)C(O)C6O)[C@@]5(C)CC[C@@H]43)C2)C(O)C(O)[C@H]1O. The predicted octanol–water partition coefficient (Wildman–Crippen LogP) is -2.96. The maximum Gasteiger partial charge on any atom is 0.187 e. The third-order valence-corrected chi connectivity index (χ3v) is 18.6. The van der Waals surface area contributed by atoms with Crippen LogP contribution < -0.4 is 0 Å². The number of Topliss-reactive ketones (excluding diaryl/α,β-unsaturated/α-hetero) is 2. The Hall–Kier alpha value is -1.76. The number of aliphatic hydroxyl groups is 13. The van der Waals surface area contributed by atoms with Gasteiger partial charge in [-0.25, -0.2) is 0 Å². The number of ether oxygens (including phenoxy) is 8. The summed E-state index contributed by atoms with van der Waals surface area (Å²) in [7, 11) is 0. The van der Waals surface area contributed by atoms with Gasteiger partial charge in [0.25, 0.3) is 0 Å². The van der Waals surface area contributed by atoms with Gasteiger partial charge in [0.15, 0.2) is 25.2 Å². The van der Waals surface area contributed by atoms with Gasteiger partial charge in [-0.2, -0.15) is 0 Å². The Balaban J connectivity index is 0.919. The van der Waals surface area contributed by atoms with Gasteiger partial charge in [0.1, 0.15) is 103 Å². The number of hydrogen-bond acceptors (Lipinski definition) is 23.